The van der Waals surface area contributed by atoms with E-state index in [2.05, 4.69) is 41.2 Å². The number of amides is 1. The highest BCUT2D eigenvalue weighted by Crippen LogP contribution is 2.29. The molecular formula is C19H23N3O2. The molecule has 1 aliphatic rings. The molecule has 1 aromatic heterocycles. The van der Waals surface area contributed by atoms with Crippen molar-refractivity contribution in [2.24, 2.45) is 0 Å². The van der Waals surface area contributed by atoms with Gasteiger partial charge in [0.15, 0.2) is 0 Å². The number of hydrogen-bond donors (Lipinski definition) is 0. The van der Waals surface area contributed by atoms with Crippen LogP contribution >= 0.6 is 0 Å². The normalized spacial score (nSPS) is 15.3. The van der Waals surface area contributed by atoms with E-state index in [1.54, 1.807) is 6.07 Å². The van der Waals surface area contributed by atoms with E-state index in [0.717, 1.165) is 32.4 Å². The molecule has 0 saturated carbocycles. The maximum atomic E-state index is 12.6. The molecule has 1 amide bonds. The van der Waals surface area contributed by atoms with Gasteiger partial charge in [0.1, 0.15) is 12.0 Å². The number of carbonyl (C=O) groups excluding carboxylic acids is 1. The van der Waals surface area contributed by atoms with E-state index >= 15 is 0 Å². The van der Waals surface area contributed by atoms with Crippen LogP contribution in [0.1, 0.15) is 47.3 Å². The van der Waals surface area contributed by atoms with Crippen LogP contribution in [-0.2, 0) is 6.42 Å². The highest BCUT2D eigenvalue weighted by molar-refractivity contribution is 5.92. The molecule has 126 valence electrons. The van der Waals surface area contributed by atoms with Gasteiger partial charge in [-0.1, -0.05) is 31.2 Å². The van der Waals surface area contributed by atoms with Crippen molar-refractivity contribution in [1.82, 2.24) is 14.9 Å². The van der Waals surface area contributed by atoms with Gasteiger partial charge in [-0.25, -0.2) is 9.97 Å². The first-order chi connectivity index (χ1) is 11.7. The molecule has 1 saturated heterocycles. The van der Waals surface area contributed by atoms with E-state index in [9.17, 15) is 4.79 Å². The lowest BCUT2D eigenvalue weighted by molar-refractivity contribution is 0.0706. The van der Waals surface area contributed by atoms with Crippen LogP contribution in [0.25, 0.3) is 0 Å². The van der Waals surface area contributed by atoms with Crippen molar-refractivity contribution in [3.63, 3.8) is 0 Å². The van der Waals surface area contributed by atoms with Gasteiger partial charge >= 0.3 is 0 Å². The zero-order valence-electron chi connectivity index (χ0n) is 14.2. The molecule has 2 heterocycles. The summed E-state index contributed by atoms with van der Waals surface area (Å²) in [7, 11) is 1.53. The minimum Gasteiger partial charge on any atom is -0.481 e. The maximum Gasteiger partial charge on any atom is 0.272 e. The van der Waals surface area contributed by atoms with Gasteiger partial charge in [0.25, 0.3) is 5.91 Å². The van der Waals surface area contributed by atoms with E-state index in [1.807, 2.05) is 4.90 Å². The molecule has 0 atom stereocenters. The summed E-state index contributed by atoms with van der Waals surface area (Å²) in [4.78, 5) is 22.5. The number of aromatic nitrogens is 2. The number of rotatable bonds is 4. The van der Waals surface area contributed by atoms with Crippen LogP contribution in [0.4, 0.5) is 0 Å². The summed E-state index contributed by atoms with van der Waals surface area (Å²) in [6, 6.07) is 10.5. The van der Waals surface area contributed by atoms with Crippen molar-refractivity contribution in [3.05, 3.63) is 53.5 Å². The minimum absolute atomic E-state index is 0.0459. The second kappa shape index (κ2) is 7.43. The van der Waals surface area contributed by atoms with Crippen molar-refractivity contribution < 1.29 is 9.53 Å². The Bertz CT molecular complexity index is 692. The summed E-state index contributed by atoms with van der Waals surface area (Å²) >= 11 is 0. The Kier molecular flexibility index (Phi) is 5.08. The molecule has 0 radical (unpaired) electrons. The average molecular weight is 325 g/mol. The molecule has 2 aromatic rings. The van der Waals surface area contributed by atoms with Gasteiger partial charge in [-0.05, 0) is 36.3 Å². The molecule has 1 aromatic carbocycles. The van der Waals surface area contributed by atoms with Gasteiger partial charge in [0.05, 0.1) is 7.11 Å². The predicted molar refractivity (Wildman–Crippen MR) is 92.3 cm³/mol. The van der Waals surface area contributed by atoms with Gasteiger partial charge in [0, 0.05) is 19.2 Å². The van der Waals surface area contributed by atoms with E-state index in [-0.39, 0.29) is 5.91 Å². The molecule has 5 heteroatoms. The summed E-state index contributed by atoms with van der Waals surface area (Å²) in [6.07, 6.45) is 4.41. The van der Waals surface area contributed by atoms with Crippen LogP contribution in [0.15, 0.2) is 36.7 Å². The van der Waals surface area contributed by atoms with Crippen molar-refractivity contribution in [2.45, 2.75) is 32.1 Å². The minimum atomic E-state index is -0.0459. The lowest BCUT2D eigenvalue weighted by atomic mass is 9.89. The molecule has 0 spiro atoms. The quantitative estimate of drug-likeness (QED) is 0.867. The molecular weight excluding hydrogens is 302 g/mol. The number of methoxy groups -OCH3 is 1. The summed E-state index contributed by atoms with van der Waals surface area (Å²) < 4.78 is 5.06. The molecule has 1 aliphatic heterocycles. The first kappa shape index (κ1) is 16.4. The van der Waals surface area contributed by atoms with Gasteiger partial charge < -0.3 is 9.64 Å². The Labute approximate surface area is 142 Å². The predicted octanol–water partition coefficient (Wildman–Crippen LogP) is 3.07. The first-order valence-corrected chi connectivity index (χ1v) is 8.45. The van der Waals surface area contributed by atoms with Crippen molar-refractivity contribution in [2.75, 3.05) is 20.2 Å². The smallest absolute Gasteiger partial charge is 0.272 e. The fraction of sp³-hybridized carbons (Fsp3) is 0.421. The lowest BCUT2D eigenvalue weighted by Crippen LogP contribution is -2.38. The standard InChI is InChI=1S/C19H23N3O2/c1-3-14-4-6-15(7-5-14)16-8-10-22(11-9-16)19(23)17-12-18(24-2)21-13-20-17/h4-7,12-13,16H,3,8-11H2,1-2H3. The van der Waals surface area contributed by atoms with Gasteiger partial charge in [0.2, 0.25) is 5.88 Å². The largest absolute Gasteiger partial charge is 0.481 e. The SMILES string of the molecule is CCc1ccc(C2CCN(C(=O)c3cc(OC)ncn3)CC2)cc1. The molecule has 24 heavy (non-hydrogen) atoms. The third-order valence-electron chi connectivity index (χ3n) is 4.71. The summed E-state index contributed by atoms with van der Waals surface area (Å²) in [5.74, 6) is 0.898. The Hall–Kier alpha value is -2.43. The topological polar surface area (TPSA) is 55.3 Å². The van der Waals surface area contributed by atoms with Crippen molar-refractivity contribution in [3.8, 4) is 5.88 Å². The summed E-state index contributed by atoms with van der Waals surface area (Å²) in [5.41, 5.74) is 3.14. The fourth-order valence-electron chi connectivity index (χ4n) is 3.17. The second-order valence-corrected chi connectivity index (χ2v) is 6.11. The third kappa shape index (κ3) is 3.55. The van der Waals surface area contributed by atoms with Crippen LogP contribution in [0.2, 0.25) is 0 Å². The summed E-state index contributed by atoms with van der Waals surface area (Å²) in [5, 5.41) is 0. The molecule has 0 N–H and O–H groups in total. The monoisotopic (exact) mass is 325 g/mol. The van der Waals surface area contributed by atoms with E-state index in [0.29, 0.717) is 17.5 Å². The number of ether oxygens (including phenoxy) is 1. The van der Waals surface area contributed by atoms with Crippen LogP contribution < -0.4 is 4.74 Å². The Morgan fingerprint density at radius 1 is 1.21 bits per heavy atom. The first-order valence-electron chi connectivity index (χ1n) is 8.45. The zero-order chi connectivity index (χ0) is 16.9. The average Bonchev–Trinajstić information content (AvgIpc) is 2.67. The molecule has 5 nitrogen and oxygen atoms in total. The van der Waals surface area contributed by atoms with Crippen LogP contribution in [0, 0.1) is 0 Å². The van der Waals surface area contributed by atoms with E-state index < -0.39 is 0 Å². The lowest BCUT2D eigenvalue weighted by Gasteiger charge is -2.32. The van der Waals surface area contributed by atoms with E-state index in [1.165, 1.54) is 24.6 Å². The number of piperidine rings is 1. The Morgan fingerprint density at radius 2 is 1.92 bits per heavy atom. The molecule has 0 bridgehead atoms. The van der Waals surface area contributed by atoms with Crippen molar-refractivity contribution in [1.29, 1.82) is 0 Å². The highest BCUT2D eigenvalue weighted by atomic mass is 16.5. The Morgan fingerprint density at radius 3 is 2.54 bits per heavy atom. The number of aryl methyl sites for hydroxylation is 1. The van der Waals surface area contributed by atoms with Crippen molar-refractivity contribution >= 4 is 5.91 Å². The van der Waals surface area contributed by atoms with Gasteiger partial charge in [-0.3, -0.25) is 4.79 Å². The Balaban J connectivity index is 1.62. The van der Waals surface area contributed by atoms with Crippen LogP contribution in [0.5, 0.6) is 5.88 Å². The number of carbonyl (C=O) groups is 1. The van der Waals surface area contributed by atoms with Gasteiger partial charge in [-0.15, -0.1) is 0 Å². The third-order valence-corrected chi connectivity index (χ3v) is 4.71. The molecule has 0 unspecified atom stereocenters. The summed E-state index contributed by atoms with van der Waals surface area (Å²) in [6.45, 7) is 3.68. The zero-order valence-corrected chi connectivity index (χ0v) is 14.2. The fourth-order valence-corrected chi connectivity index (χ4v) is 3.17. The number of likely N-dealkylation sites (tertiary alicyclic amines) is 1. The maximum absolute atomic E-state index is 12.6. The number of hydrogen-bond acceptors (Lipinski definition) is 4. The highest BCUT2D eigenvalue weighted by Gasteiger charge is 2.25. The molecule has 1 fully saturated rings. The number of benzene rings is 1. The molecule has 3 rings (SSSR count). The van der Waals surface area contributed by atoms with E-state index in [4.69, 9.17) is 4.74 Å². The van der Waals surface area contributed by atoms with Crippen LogP contribution in [0.3, 0.4) is 0 Å². The van der Waals surface area contributed by atoms with Gasteiger partial charge in [-0.2, -0.15) is 0 Å². The van der Waals surface area contributed by atoms with Crippen LogP contribution in [-0.4, -0.2) is 41.0 Å². The second-order valence-electron chi connectivity index (χ2n) is 6.11. The molecule has 0 aliphatic carbocycles. The number of nitrogens with zero attached hydrogens (tertiary/aromatic N) is 3.